The number of amides is 1. The van der Waals surface area contributed by atoms with Gasteiger partial charge < -0.3 is 15.2 Å². The second-order valence-corrected chi connectivity index (χ2v) is 4.93. The van der Waals surface area contributed by atoms with Crippen molar-refractivity contribution in [1.82, 2.24) is 20.2 Å². The van der Waals surface area contributed by atoms with E-state index in [0.29, 0.717) is 32.5 Å². The molecular formula is C16H19FN4O3. The molecule has 2 N–H and O–H groups in total. The summed E-state index contributed by atoms with van der Waals surface area (Å²) in [4.78, 5) is 43.2. The van der Waals surface area contributed by atoms with E-state index in [0.717, 1.165) is 6.20 Å². The SMILES string of the molecule is CC.O=Cc1ncc(F)c2c(C(=O)C(=O)N3CCNCC3)c[nH]c12. The molecular weight excluding hydrogens is 315 g/mol. The number of Topliss-reactive ketones (excluding diaryl/α,β-unsaturated/α-hetero) is 1. The molecule has 0 saturated carbocycles. The zero-order valence-electron chi connectivity index (χ0n) is 13.6. The van der Waals surface area contributed by atoms with Crippen molar-refractivity contribution < 1.29 is 18.8 Å². The summed E-state index contributed by atoms with van der Waals surface area (Å²) < 4.78 is 14.0. The molecule has 1 aliphatic rings. The highest BCUT2D eigenvalue weighted by atomic mass is 19.1. The summed E-state index contributed by atoms with van der Waals surface area (Å²) in [7, 11) is 0. The lowest BCUT2D eigenvalue weighted by Crippen LogP contribution is -2.48. The summed E-state index contributed by atoms with van der Waals surface area (Å²) >= 11 is 0. The predicted molar refractivity (Wildman–Crippen MR) is 86.6 cm³/mol. The molecule has 1 saturated heterocycles. The molecule has 0 radical (unpaired) electrons. The van der Waals surface area contributed by atoms with E-state index in [-0.39, 0.29) is 22.2 Å². The number of rotatable bonds is 3. The normalized spacial score (nSPS) is 14.0. The van der Waals surface area contributed by atoms with Gasteiger partial charge in [-0.25, -0.2) is 9.37 Å². The Kier molecular flexibility index (Phi) is 5.75. The molecule has 0 aromatic carbocycles. The van der Waals surface area contributed by atoms with E-state index in [2.05, 4.69) is 15.3 Å². The van der Waals surface area contributed by atoms with Gasteiger partial charge in [-0.05, 0) is 0 Å². The molecule has 0 aliphatic carbocycles. The van der Waals surface area contributed by atoms with Crippen LogP contribution in [0.5, 0.6) is 0 Å². The van der Waals surface area contributed by atoms with Gasteiger partial charge in [0, 0.05) is 32.4 Å². The van der Waals surface area contributed by atoms with Gasteiger partial charge in [0.25, 0.3) is 11.7 Å². The first kappa shape index (κ1) is 17.7. The highest BCUT2D eigenvalue weighted by Gasteiger charge is 2.28. The number of halogens is 1. The van der Waals surface area contributed by atoms with Gasteiger partial charge in [-0.3, -0.25) is 14.4 Å². The van der Waals surface area contributed by atoms with E-state index >= 15 is 0 Å². The number of nitrogens with one attached hydrogen (secondary N) is 2. The van der Waals surface area contributed by atoms with Crippen molar-refractivity contribution in [3.8, 4) is 0 Å². The van der Waals surface area contributed by atoms with Crippen molar-refractivity contribution in [2.75, 3.05) is 26.2 Å². The van der Waals surface area contributed by atoms with Gasteiger partial charge in [0.1, 0.15) is 5.69 Å². The number of hydrogen-bond acceptors (Lipinski definition) is 5. The van der Waals surface area contributed by atoms with Crippen LogP contribution in [0, 0.1) is 5.82 Å². The minimum Gasteiger partial charge on any atom is -0.358 e. The van der Waals surface area contributed by atoms with Crippen molar-refractivity contribution in [3.63, 3.8) is 0 Å². The largest absolute Gasteiger partial charge is 0.358 e. The lowest BCUT2D eigenvalue weighted by molar-refractivity contribution is -0.126. The Morgan fingerprint density at radius 1 is 1.29 bits per heavy atom. The molecule has 3 heterocycles. The van der Waals surface area contributed by atoms with Crippen LogP contribution in [-0.4, -0.2) is 59.0 Å². The maximum absolute atomic E-state index is 14.0. The minimum absolute atomic E-state index is 0.00919. The third kappa shape index (κ3) is 3.18. The molecule has 0 spiro atoms. The Morgan fingerprint density at radius 2 is 1.96 bits per heavy atom. The fraction of sp³-hybridized carbons (Fsp3) is 0.375. The molecule has 128 valence electrons. The molecule has 0 bridgehead atoms. The van der Waals surface area contributed by atoms with Gasteiger partial charge >= 0.3 is 0 Å². The second-order valence-electron chi connectivity index (χ2n) is 4.93. The van der Waals surface area contributed by atoms with Crippen LogP contribution in [0.1, 0.15) is 34.7 Å². The van der Waals surface area contributed by atoms with E-state index in [1.165, 1.54) is 11.1 Å². The number of nitrogens with zero attached hydrogens (tertiary/aromatic N) is 2. The van der Waals surface area contributed by atoms with Gasteiger partial charge in [-0.2, -0.15) is 0 Å². The lowest BCUT2D eigenvalue weighted by atomic mass is 10.1. The number of piperazine rings is 1. The van der Waals surface area contributed by atoms with Gasteiger partial charge in [-0.1, -0.05) is 13.8 Å². The van der Waals surface area contributed by atoms with Crippen molar-refractivity contribution in [1.29, 1.82) is 0 Å². The van der Waals surface area contributed by atoms with E-state index < -0.39 is 17.5 Å². The number of aldehydes is 1. The number of aromatic amines is 1. The number of ketones is 1. The number of hydrogen-bond donors (Lipinski definition) is 2. The molecule has 24 heavy (non-hydrogen) atoms. The van der Waals surface area contributed by atoms with Crippen LogP contribution < -0.4 is 5.32 Å². The molecule has 7 nitrogen and oxygen atoms in total. The van der Waals surface area contributed by atoms with Crippen molar-refractivity contribution in [3.05, 3.63) is 29.5 Å². The zero-order chi connectivity index (χ0) is 17.7. The maximum atomic E-state index is 14.0. The Morgan fingerprint density at radius 3 is 2.58 bits per heavy atom. The van der Waals surface area contributed by atoms with Gasteiger partial charge in [0.15, 0.2) is 12.1 Å². The Labute approximate surface area is 138 Å². The number of fused-ring (bicyclic) bond motifs is 1. The van der Waals surface area contributed by atoms with E-state index in [9.17, 15) is 18.8 Å². The van der Waals surface area contributed by atoms with E-state index in [4.69, 9.17) is 0 Å². The van der Waals surface area contributed by atoms with Crippen LogP contribution in [0.15, 0.2) is 12.4 Å². The predicted octanol–water partition coefficient (Wildman–Crippen LogP) is 1.16. The van der Waals surface area contributed by atoms with Crippen LogP contribution in [0.2, 0.25) is 0 Å². The Balaban J connectivity index is 0.00000100. The number of aromatic nitrogens is 2. The standard InChI is InChI=1S/C14H13FN4O3.C2H6/c15-9-6-17-10(7-20)12-11(9)8(5-18-12)13(21)14(22)19-3-1-16-2-4-19;1-2/h5-7,16,18H,1-4H2;1-2H3. The summed E-state index contributed by atoms with van der Waals surface area (Å²) in [6.07, 6.45) is 2.57. The smallest absolute Gasteiger partial charge is 0.295 e. The molecule has 2 aromatic heterocycles. The monoisotopic (exact) mass is 334 g/mol. The highest BCUT2D eigenvalue weighted by molar-refractivity contribution is 6.45. The molecule has 1 aliphatic heterocycles. The van der Waals surface area contributed by atoms with Crippen LogP contribution in [-0.2, 0) is 4.79 Å². The fourth-order valence-electron chi connectivity index (χ4n) is 2.52. The zero-order valence-corrected chi connectivity index (χ0v) is 13.6. The molecule has 1 amide bonds. The van der Waals surface area contributed by atoms with Gasteiger partial charge in [0.05, 0.1) is 22.7 Å². The second kappa shape index (κ2) is 7.78. The molecule has 1 fully saturated rings. The van der Waals surface area contributed by atoms with E-state index in [1.54, 1.807) is 0 Å². The summed E-state index contributed by atoms with van der Waals surface area (Å²) in [5.41, 5.74) is 0.0260. The Bertz CT molecular complexity index is 766. The highest BCUT2D eigenvalue weighted by Crippen LogP contribution is 2.23. The number of H-pyrrole nitrogens is 1. The van der Waals surface area contributed by atoms with Crippen molar-refractivity contribution >= 4 is 28.9 Å². The molecule has 2 aromatic rings. The van der Waals surface area contributed by atoms with Crippen LogP contribution in [0.25, 0.3) is 10.9 Å². The average molecular weight is 334 g/mol. The van der Waals surface area contributed by atoms with Gasteiger partial charge in [0.2, 0.25) is 0 Å². The maximum Gasteiger partial charge on any atom is 0.295 e. The Hall–Kier alpha value is -2.61. The average Bonchev–Trinajstić information content (AvgIpc) is 3.09. The lowest BCUT2D eigenvalue weighted by Gasteiger charge is -2.26. The molecule has 8 heteroatoms. The summed E-state index contributed by atoms with van der Waals surface area (Å²) in [6.45, 7) is 6.08. The van der Waals surface area contributed by atoms with Crippen molar-refractivity contribution in [2.45, 2.75) is 13.8 Å². The van der Waals surface area contributed by atoms with Crippen LogP contribution in [0.4, 0.5) is 4.39 Å². The third-order valence-corrected chi connectivity index (χ3v) is 3.65. The minimum atomic E-state index is -0.796. The number of carbonyl (C=O) groups excluding carboxylic acids is 3. The van der Waals surface area contributed by atoms with Crippen molar-refractivity contribution in [2.24, 2.45) is 0 Å². The molecule has 0 atom stereocenters. The quantitative estimate of drug-likeness (QED) is 0.499. The number of pyridine rings is 1. The fourth-order valence-corrected chi connectivity index (χ4v) is 2.52. The van der Waals surface area contributed by atoms with E-state index in [1.807, 2.05) is 13.8 Å². The van der Waals surface area contributed by atoms with Gasteiger partial charge in [-0.15, -0.1) is 0 Å². The molecule has 0 unspecified atom stereocenters. The summed E-state index contributed by atoms with van der Waals surface area (Å²) in [5.74, 6) is -2.22. The number of carbonyl (C=O) groups is 3. The first-order valence-corrected chi connectivity index (χ1v) is 7.78. The first-order chi connectivity index (χ1) is 11.6. The third-order valence-electron chi connectivity index (χ3n) is 3.65. The first-order valence-electron chi connectivity index (χ1n) is 7.78. The molecule has 3 rings (SSSR count). The summed E-state index contributed by atoms with van der Waals surface area (Å²) in [5, 5.41) is 3.00. The van der Waals surface area contributed by atoms with Crippen LogP contribution >= 0.6 is 0 Å². The topological polar surface area (TPSA) is 95.2 Å². The summed E-state index contributed by atoms with van der Waals surface area (Å²) in [6, 6.07) is 0. The van der Waals surface area contributed by atoms with Crippen LogP contribution in [0.3, 0.4) is 0 Å².